The summed E-state index contributed by atoms with van der Waals surface area (Å²) in [5.74, 6) is 0.726. The van der Waals surface area contributed by atoms with E-state index < -0.39 is 0 Å². The first-order valence-corrected chi connectivity index (χ1v) is 8.72. The van der Waals surface area contributed by atoms with Crippen molar-refractivity contribution in [2.75, 3.05) is 19.0 Å². The summed E-state index contributed by atoms with van der Waals surface area (Å²) in [5, 5.41) is 0. The van der Waals surface area contributed by atoms with Crippen molar-refractivity contribution < 1.29 is 0 Å². The highest BCUT2D eigenvalue weighted by Gasteiger charge is 2.04. The molecule has 114 valence electrons. The fourth-order valence-electron chi connectivity index (χ4n) is 2.52. The number of benzene rings is 1. The van der Waals surface area contributed by atoms with Gasteiger partial charge in [-0.05, 0) is 18.5 Å². The van der Waals surface area contributed by atoms with E-state index in [0.717, 1.165) is 19.0 Å². The summed E-state index contributed by atoms with van der Waals surface area (Å²) >= 11 is 5.92. The molecule has 0 N–H and O–H groups in total. The average Bonchev–Trinajstić information content (AvgIpc) is 2.47. The Labute approximate surface area is 130 Å². The van der Waals surface area contributed by atoms with E-state index in [-0.39, 0.29) is 0 Å². The van der Waals surface area contributed by atoms with Gasteiger partial charge in [-0.1, -0.05) is 75.8 Å². The van der Waals surface area contributed by atoms with Crippen molar-refractivity contribution in [2.24, 2.45) is 0 Å². The maximum Gasteiger partial charge on any atom is 0.0351 e. The summed E-state index contributed by atoms with van der Waals surface area (Å²) in [6, 6.07) is 10.7. The van der Waals surface area contributed by atoms with Crippen LogP contribution in [0, 0.1) is 0 Å². The molecule has 1 aromatic carbocycles. The molecule has 0 saturated heterocycles. The van der Waals surface area contributed by atoms with E-state index in [4.69, 9.17) is 11.6 Å². The van der Waals surface area contributed by atoms with E-state index in [1.807, 2.05) is 0 Å². The van der Waals surface area contributed by atoms with Gasteiger partial charge < -0.3 is 0 Å². The molecule has 0 aliphatic rings. The molecule has 0 saturated carbocycles. The van der Waals surface area contributed by atoms with Crippen molar-refractivity contribution in [1.82, 2.24) is 4.90 Å². The third-order valence-corrected chi connectivity index (χ3v) is 3.90. The van der Waals surface area contributed by atoms with Gasteiger partial charge in [0.15, 0.2) is 0 Å². The van der Waals surface area contributed by atoms with Gasteiger partial charge in [0.1, 0.15) is 0 Å². The summed E-state index contributed by atoms with van der Waals surface area (Å²) < 4.78 is 0. The first-order valence-electron chi connectivity index (χ1n) is 8.19. The first-order chi connectivity index (χ1) is 9.86. The quantitative estimate of drug-likeness (QED) is 0.365. The predicted octanol–water partition coefficient (Wildman–Crippen LogP) is 5.48. The van der Waals surface area contributed by atoms with Gasteiger partial charge in [-0.2, -0.15) is 0 Å². The minimum atomic E-state index is 0.726. The van der Waals surface area contributed by atoms with Gasteiger partial charge in [-0.25, -0.2) is 0 Å². The molecule has 0 amide bonds. The maximum absolute atomic E-state index is 5.92. The molecule has 0 unspecified atom stereocenters. The molecular formula is C18H30ClN. The van der Waals surface area contributed by atoms with E-state index in [0.29, 0.717) is 0 Å². The van der Waals surface area contributed by atoms with E-state index >= 15 is 0 Å². The van der Waals surface area contributed by atoms with Gasteiger partial charge in [0.2, 0.25) is 0 Å². The zero-order valence-corrected chi connectivity index (χ0v) is 13.7. The molecule has 0 atom stereocenters. The third-order valence-electron chi connectivity index (χ3n) is 3.73. The van der Waals surface area contributed by atoms with E-state index in [2.05, 4.69) is 42.2 Å². The van der Waals surface area contributed by atoms with Crippen LogP contribution < -0.4 is 0 Å². The molecule has 1 aromatic rings. The van der Waals surface area contributed by atoms with Crippen LogP contribution in [-0.2, 0) is 6.54 Å². The second-order valence-corrected chi connectivity index (χ2v) is 5.95. The van der Waals surface area contributed by atoms with Crippen LogP contribution >= 0.6 is 11.6 Å². The van der Waals surface area contributed by atoms with E-state index in [1.54, 1.807) is 0 Å². The summed E-state index contributed by atoms with van der Waals surface area (Å²) in [4.78, 5) is 2.48. The van der Waals surface area contributed by atoms with Gasteiger partial charge in [0.25, 0.3) is 0 Å². The largest absolute Gasteiger partial charge is 0.298 e. The van der Waals surface area contributed by atoms with Crippen molar-refractivity contribution in [3.8, 4) is 0 Å². The molecule has 0 aromatic heterocycles. The lowest BCUT2D eigenvalue weighted by Gasteiger charge is -2.21. The zero-order chi connectivity index (χ0) is 14.5. The molecule has 0 aliphatic carbocycles. The number of nitrogens with zero attached hydrogens (tertiary/aromatic N) is 1. The summed E-state index contributed by atoms with van der Waals surface area (Å²) in [7, 11) is 0. The molecule has 0 aliphatic heterocycles. The van der Waals surface area contributed by atoms with Crippen LogP contribution in [0.3, 0.4) is 0 Å². The second kappa shape index (κ2) is 12.2. The SMILES string of the molecule is CCCCCCCCCN(CCCl)Cc1ccccc1. The molecule has 2 heteroatoms. The average molecular weight is 296 g/mol. The van der Waals surface area contributed by atoms with Crippen LogP contribution in [-0.4, -0.2) is 23.9 Å². The predicted molar refractivity (Wildman–Crippen MR) is 90.4 cm³/mol. The lowest BCUT2D eigenvalue weighted by molar-refractivity contribution is 0.274. The molecule has 20 heavy (non-hydrogen) atoms. The Balaban J connectivity index is 2.15. The highest BCUT2D eigenvalue weighted by atomic mass is 35.5. The molecule has 0 fully saturated rings. The molecule has 1 rings (SSSR count). The topological polar surface area (TPSA) is 3.24 Å². The van der Waals surface area contributed by atoms with Crippen LogP contribution in [0.25, 0.3) is 0 Å². The Hall–Kier alpha value is -0.530. The van der Waals surface area contributed by atoms with Gasteiger partial charge in [0, 0.05) is 19.0 Å². The monoisotopic (exact) mass is 295 g/mol. The Morgan fingerprint density at radius 3 is 2.15 bits per heavy atom. The lowest BCUT2D eigenvalue weighted by atomic mass is 10.1. The van der Waals surface area contributed by atoms with Crippen LogP contribution in [0.1, 0.15) is 57.4 Å². The van der Waals surface area contributed by atoms with Crippen molar-refractivity contribution >= 4 is 11.6 Å². The van der Waals surface area contributed by atoms with Gasteiger partial charge in [-0.15, -0.1) is 11.6 Å². The van der Waals surface area contributed by atoms with Gasteiger partial charge >= 0.3 is 0 Å². The maximum atomic E-state index is 5.92. The van der Waals surface area contributed by atoms with Crippen molar-refractivity contribution in [2.45, 2.75) is 58.4 Å². The Kier molecular flexibility index (Phi) is 10.7. The molecule has 0 heterocycles. The normalized spacial score (nSPS) is 11.2. The fraction of sp³-hybridized carbons (Fsp3) is 0.667. The smallest absolute Gasteiger partial charge is 0.0351 e. The number of rotatable bonds is 12. The number of unbranched alkanes of at least 4 members (excludes halogenated alkanes) is 6. The minimum absolute atomic E-state index is 0.726. The van der Waals surface area contributed by atoms with E-state index in [9.17, 15) is 0 Å². The van der Waals surface area contributed by atoms with Gasteiger partial charge in [-0.3, -0.25) is 4.90 Å². The molecule has 1 nitrogen and oxygen atoms in total. The van der Waals surface area contributed by atoms with Crippen LogP contribution in [0.4, 0.5) is 0 Å². The number of alkyl halides is 1. The highest BCUT2D eigenvalue weighted by Crippen LogP contribution is 2.10. The zero-order valence-electron chi connectivity index (χ0n) is 13.0. The molecular weight excluding hydrogens is 266 g/mol. The van der Waals surface area contributed by atoms with Gasteiger partial charge in [0.05, 0.1) is 0 Å². The van der Waals surface area contributed by atoms with Crippen molar-refractivity contribution in [3.05, 3.63) is 35.9 Å². The minimum Gasteiger partial charge on any atom is -0.298 e. The molecule has 0 radical (unpaired) electrons. The summed E-state index contributed by atoms with van der Waals surface area (Å²) in [5.41, 5.74) is 1.39. The van der Waals surface area contributed by atoms with Crippen molar-refractivity contribution in [1.29, 1.82) is 0 Å². The van der Waals surface area contributed by atoms with Crippen LogP contribution in [0.5, 0.6) is 0 Å². The van der Waals surface area contributed by atoms with Crippen LogP contribution in [0.2, 0.25) is 0 Å². The second-order valence-electron chi connectivity index (χ2n) is 5.57. The Morgan fingerprint density at radius 2 is 1.50 bits per heavy atom. The lowest BCUT2D eigenvalue weighted by Crippen LogP contribution is -2.26. The number of hydrogen-bond acceptors (Lipinski definition) is 1. The first kappa shape index (κ1) is 17.5. The van der Waals surface area contributed by atoms with E-state index in [1.165, 1.54) is 57.1 Å². The summed E-state index contributed by atoms with van der Waals surface area (Å²) in [6.45, 7) is 5.47. The Morgan fingerprint density at radius 1 is 0.850 bits per heavy atom. The fourth-order valence-corrected chi connectivity index (χ4v) is 2.76. The third kappa shape index (κ3) is 8.60. The van der Waals surface area contributed by atoms with Crippen molar-refractivity contribution in [3.63, 3.8) is 0 Å². The summed E-state index contributed by atoms with van der Waals surface area (Å²) in [6.07, 6.45) is 9.59. The number of halogens is 1. The standard InChI is InChI=1S/C18H30ClN/c1-2-3-4-5-6-7-11-15-20(16-14-19)17-18-12-9-8-10-13-18/h8-10,12-13H,2-7,11,14-17H2,1H3. The highest BCUT2D eigenvalue weighted by molar-refractivity contribution is 6.18. The van der Waals surface area contributed by atoms with Crippen LogP contribution in [0.15, 0.2) is 30.3 Å². The number of hydrogen-bond donors (Lipinski definition) is 0. The molecule has 0 spiro atoms. The molecule has 0 bridgehead atoms. The Bertz CT molecular complexity index is 312.